The van der Waals surface area contributed by atoms with Crippen LogP contribution in [0.4, 0.5) is 0 Å². The quantitative estimate of drug-likeness (QED) is 0.478. The van der Waals surface area contributed by atoms with Crippen LogP contribution in [0, 0.1) is 5.92 Å². The van der Waals surface area contributed by atoms with Gasteiger partial charge in [-0.15, -0.1) is 0 Å². The molecule has 3 aliphatic rings. The first-order chi connectivity index (χ1) is 14.6. The fourth-order valence-corrected chi connectivity index (χ4v) is 4.63. The van der Waals surface area contributed by atoms with Crippen molar-refractivity contribution in [1.29, 1.82) is 0 Å². The molecular formula is C22H42N6O2. The van der Waals surface area contributed by atoms with Gasteiger partial charge in [0.1, 0.15) is 0 Å². The molecule has 0 aromatic rings. The number of nitrogens with one attached hydrogen (secondary N) is 1. The minimum absolute atomic E-state index is 0.0154. The molecule has 3 heterocycles. The number of hydrogen-bond donors (Lipinski definition) is 1. The van der Waals surface area contributed by atoms with Gasteiger partial charge >= 0.3 is 0 Å². The van der Waals surface area contributed by atoms with Gasteiger partial charge in [0.15, 0.2) is 5.96 Å². The van der Waals surface area contributed by atoms with Gasteiger partial charge in [0.2, 0.25) is 5.91 Å². The van der Waals surface area contributed by atoms with E-state index in [1.54, 1.807) is 0 Å². The van der Waals surface area contributed by atoms with Crippen LogP contribution in [0.2, 0.25) is 0 Å². The highest BCUT2D eigenvalue weighted by atomic mass is 16.5. The Bertz CT molecular complexity index is 552. The number of rotatable bonds is 7. The van der Waals surface area contributed by atoms with Gasteiger partial charge in [-0.1, -0.05) is 6.92 Å². The molecule has 3 saturated heterocycles. The maximum atomic E-state index is 12.7. The molecule has 0 aliphatic carbocycles. The Hall–Kier alpha value is -1.38. The van der Waals surface area contributed by atoms with Crippen LogP contribution in [0.15, 0.2) is 4.99 Å². The summed E-state index contributed by atoms with van der Waals surface area (Å²) in [5.74, 6) is 1.85. The molecule has 0 bridgehead atoms. The highest BCUT2D eigenvalue weighted by Crippen LogP contribution is 2.14. The number of nitrogens with zero attached hydrogens (tertiary/aromatic N) is 5. The maximum absolute atomic E-state index is 12.7. The van der Waals surface area contributed by atoms with Crippen molar-refractivity contribution in [3.8, 4) is 0 Å². The van der Waals surface area contributed by atoms with Crippen LogP contribution in [0.3, 0.4) is 0 Å². The summed E-state index contributed by atoms with van der Waals surface area (Å²) in [5, 5.41) is 3.47. The Morgan fingerprint density at radius 1 is 0.967 bits per heavy atom. The number of amides is 1. The van der Waals surface area contributed by atoms with Crippen molar-refractivity contribution < 1.29 is 9.53 Å². The van der Waals surface area contributed by atoms with Crippen LogP contribution in [0.25, 0.3) is 0 Å². The van der Waals surface area contributed by atoms with Crippen molar-refractivity contribution in [1.82, 2.24) is 24.9 Å². The third-order valence-electron chi connectivity index (χ3n) is 6.50. The molecule has 3 rings (SSSR count). The molecule has 2 atom stereocenters. The lowest BCUT2D eigenvalue weighted by Crippen LogP contribution is -2.57. The molecule has 2 unspecified atom stereocenters. The molecule has 3 fully saturated rings. The molecule has 0 radical (unpaired) electrons. The molecular weight excluding hydrogens is 380 g/mol. The predicted octanol–water partition coefficient (Wildman–Crippen LogP) is 0.549. The molecule has 30 heavy (non-hydrogen) atoms. The molecule has 0 saturated carbocycles. The van der Waals surface area contributed by atoms with Crippen molar-refractivity contribution >= 4 is 11.9 Å². The third-order valence-corrected chi connectivity index (χ3v) is 6.50. The molecule has 1 amide bonds. The summed E-state index contributed by atoms with van der Waals surface area (Å²) in [5.41, 5.74) is 0. The smallest absolute Gasteiger partial charge is 0.239 e. The normalized spacial score (nSPS) is 24.2. The second-order valence-electron chi connectivity index (χ2n) is 8.94. The first-order valence-electron chi connectivity index (χ1n) is 11.9. The van der Waals surface area contributed by atoms with E-state index in [1.807, 2.05) is 4.90 Å². The Morgan fingerprint density at radius 2 is 1.63 bits per heavy atom. The van der Waals surface area contributed by atoms with Gasteiger partial charge in [-0.3, -0.25) is 19.6 Å². The van der Waals surface area contributed by atoms with Gasteiger partial charge in [0.25, 0.3) is 0 Å². The standard InChI is InChI=1S/C22H42N6O2/c1-4-23-22(24-17-19(2)18-25-13-15-30-16-14-25)28-11-9-26(10-12-28)20(3)21(29)27-7-5-6-8-27/h19-20H,4-18H2,1-3H3,(H,23,24). The first kappa shape index (κ1) is 23.3. The van der Waals surface area contributed by atoms with Crippen molar-refractivity contribution in [3.05, 3.63) is 0 Å². The van der Waals surface area contributed by atoms with Crippen molar-refractivity contribution in [2.45, 2.75) is 39.7 Å². The molecule has 0 aromatic heterocycles. The largest absolute Gasteiger partial charge is 0.379 e. The van der Waals surface area contributed by atoms with Gasteiger partial charge < -0.3 is 19.9 Å². The SMILES string of the molecule is CCNC(=NCC(C)CN1CCOCC1)N1CCN(C(C)C(=O)N2CCCC2)CC1. The number of likely N-dealkylation sites (tertiary alicyclic amines) is 1. The minimum Gasteiger partial charge on any atom is -0.379 e. The zero-order valence-electron chi connectivity index (χ0n) is 19.3. The minimum atomic E-state index is -0.0154. The monoisotopic (exact) mass is 422 g/mol. The zero-order valence-corrected chi connectivity index (χ0v) is 19.3. The van der Waals surface area contributed by atoms with E-state index in [1.165, 1.54) is 0 Å². The van der Waals surface area contributed by atoms with Crippen LogP contribution in [-0.2, 0) is 9.53 Å². The second kappa shape index (κ2) is 11.9. The predicted molar refractivity (Wildman–Crippen MR) is 121 cm³/mol. The van der Waals surface area contributed by atoms with Crippen LogP contribution in [0.1, 0.15) is 33.6 Å². The lowest BCUT2D eigenvalue weighted by atomic mass is 10.1. The average Bonchev–Trinajstić information content (AvgIpc) is 3.31. The molecule has 8 heteroatoms. The molecule has 1 N–H and O–H groups in total. The van der Waals surface area contributed by atoms with E-state index < -0.39 is 0 Å². The van der Waals surface area contributed by atoms with Crippen molar-refractivity contribution in [2.24, 2.45) is 10.9 Å². The topological polar surface area (TPSA) is 63.7 Å². The number of guanidine groups is 1. The number of morpholine rings is 1. The lowest BCUT2D eigenvalue weighted by molar-refractivity contribution is -0.135. The van der Waals surface area contributed by atoms with Crippen LogP contribution < -0.4 is 5.32 Å². The van der Waals surface area contributed by atoms with Gasteiger partial charge in [-0.25, -0.2) is 0 Å². The number of piperazine rings is 1. The Labute approximate surface area is 182 Å². The van der Waals surface area contributed by atoms with E-state index in [0.717, 1.165) is 104 Å². The Balaban J connectivity index is 1.46. The first-order valence-corrected chi connectivity index (χ1v) is 11.9. The third kappa shape index (κ3) is 6.56. The van der Waals surface area contributed by atoms with E-state index in [-0.39, 0.29) is 6.04 Å². The van der Waals surface area contributed by atoms with E-state index in [4.69, 9.17) is 9.73 Å². The second-order valence-corrected chi connectivity index (χ2v) is 8.94. The zero-order chi connectivity index (χ0) is 21.3. The van der Waals surface area contributed by atoms with E-state index in [2.05, 4.69) is 40.8 Å². The van der Waals surface area contributed by atoms with E-state index >= 15 is 0 Å². The molecule has 3 aliphatic heterocycles. The fourth-order valence-electron chi connectivity index (χ4n) is 4.63. The Morgan fingerprint density at radius 3 is 2.27 bits per heavy atom. The average molecular weight is 423 g/mol. The maximum Gasteiger partial charge on any atom is 0.239 e. The van der Waals surface area contributed by atoms with Crippen molar-refractivity contribution in [3.63, 3.8) is 0 Å². The van der Waals surface area contributed by atoms with Gasteiger partial charge in [-0.05, 0) is 32.6 Å². The van der Waals surface area contributed by atoms with E-state index in [0.29, 0.717) is 11.8 Å². The molecule has 172 valence electrons. The summed E-state index contributed by atoms with van der Waals surface area (Å²) < 4.78 is 5.45. The molecule has 8 nitrogen and oxygen atoms in total. The van der Waals surface area contributed by atoms with Crippen LogP contribution in [-0.4, -0.2) is 123 Å². The summed E-state index contributed by atoms with van der Waals surface area (Å²) in [7, 11) is 0. The number of hydrogen-bond acceptors (Lipinski definition) is 5. The summed E-state index contributed by atoms with van der Waals surface area (Å²) in [4.78, 5) is 26.9. The Kier molecular flexibility index (Phi) is 9.21. The molecule has 0 aromatic carbocycles. The number of carbonyl (C=O) groups is 1. The van der Waals surface area contributed by atoms with Gasteiger partial charge in [0, 0.05) is 72.0 Å². The van der Waals surface area contributed by atoms with Crippen LogP contribution >= 0.6 is 0 Å². The summed E-state index contributed by atoms with van der Waals surface area (Å²) in [6, 6.07) is -0.0154. The lowest BCUT2D eigenvalue weighted by Gasteiger charge is -2.39. The summed E-state index contributed by atoms with van der Waals surface area (Å²) in [6.45, 7) is 18.6. The van der Waals surface area contributed by atoms with Gasteiger partial charge in [0.05, 0.1) is 19.3 Å². The number of ether oxygens (including phenoxy) is 1. The highest BCUT2D eigenvalue weighted by Gasteiger charge is 2.30. The van der Waals surface area contributed by atoms with Gasteiger partial charge in [-0.2, -0.15) is 0 Å². The summed E-state index contributed by atoms with van der Waals surface area (Å²) >= 11 is 0. The van der Waals surface area contributed by atoms with E-state index in [9.17, 15) is 4.79 Å². The van der Waals surface area contributed by atoms with Crippen LogP contribution in [0.5, 0.6) is 0 Å². The molecule has 0 spiro atoms. The summed E-state index contributed by atoms with van der Waals surface area (Å²) in [6.07, 6.45) is 2.30. The highest BCUT2D eigenvalue weighted by molar-refractivity contribution is 5.82. The fraction of sp³-hybridized carbons (Fsp3) is 0.909. The number of aliphatic imine (C=N–C) groups is 1. The number of carbonyl (C=O) groups excluding carboxylic acids is 1. The van der Waals surface area contributed by atoms with Crippen molar-refractivity contribution in [2.75, 3.05) is 85.2 Å².